The highest BCUT2D eigenvalue weighted by molar-refractivity contribution is 4.79. The maximum atomic E-state index is 2.32. The minimum atomic E-state index is 1.10. The van der Waals surface area contributed by atoms with E-state index in [1.807, 2.05) is 0 Å². The molecule has 0 nitrogen and oxygen atoms in total. The third-order valence-electron chi connectivity index (χ3n) is 5.42. The van der Waals surface area contributed by atoms with Crippen molar-refractivity contribution in [1.29, 1.82) is 0 Å². The highest BCUT2D eigenvalue weighted by atomic mass is 14.3. The van der Waals surface area contributed by atoms with Crippen molar-refractivity contribution in [2.45, 2.75) is 90.4 Å². The standard InChI is InChI=1S/C17H32/c1-2-3-5-8-15-11-13-17(14-12-15)16-9-6-4-7-10-16/h15-17H,2-14H2,1H3/t15-,17-. The van der Waals surface area contributed by atoms with Gasteiger partial charge in [-0.2, -0.15) is 0 Å². The minimum absolute atomic E-state index is 1.10. The lowest BCUT2D eigenvalue weighted by molar-refractivity contribution is 0.162. The Balaban J connectivity index is 1.63. The fourth-order valence-electron chi connectivity index (χ4n) is 4.24. The van der Waals surface area contributed by atoms with E-state index in [1.54, 1.807) is 38.5 Å². The summed E-state index contributed by atoms with van der Waals surface area (Å²) in [4.78, 5) is 0. The summed E-state index contributed by atoms with van der Waals surface area (Å²) in [5.41, 5.74) is 0. The number of hydrogen-bond donors (Lipinski definition) is 0. The van der Waals surface area contributed by atoms with Crippen molar-refractivity contribution in [3.05, 3.63) is 0 Å². The van der Waals surface area contributed by atoms with Crippen molar-refractivity contribution in [2.24, 2.45) is 17.8 Å². The zero-order valence-electron chi connectivity index (χ0n) is 11.9. The molecular formula is C17H32. The predicted octanol–water partition coefficient (Wildman–Crippen LogP) is 5.95. The minimum Gasteiger partial charge on any atom is -0.0654 e. The fourth-order valence-corrected chi connectivity index (χ4v) is 4.24. The smallest absolute Gasteiger partial charge is 0.0386 e. The van der Waals surface area contributed by atoms with E-state index in [0.717, 1.165) is 17.8 Å². The maximum Gasteiger partial charge on any atom is -0.0386 e. The molecule has 0 heterocycles. The fraction of sp³-hybridized carbons (Fsp3) is 1.00. The molecule has 0 heteroatoms. The zero-order chi connectivity index (χ0) is 11.9. The SMILES string of the molecule is CCCCC[C@H]1CC[C@H](C2CCCCC2)CC1. The molecule has 2 fully saturated rings. The van der Waals surface area contributed by atoms with Crippen LogP contribution in [0.3, 0.4) is 0 Å². The van der Waals surface area contributed by atoms with Gasteiger partial charge in [0.25, 0.3) is 0 Å². The zero-order valence-corrected chi connectivity index (χ0v) is 11.9. The summed E-state index contributed by atoms with van der Waals surface area (Å²) in [6.07, 6.45) is 19.8. The topological polar surface area (TPSA) is 0 Å². The van der Waals surface area contributed by atoms with Gasteiger partial charge in [-0.15, -0.1) is 0 Å². The van der Waals surface area contributed by atoms with Crippen molar-refractivity contribution in [2.75, 3.05) is 0 Å². The molecule has 0 aromatic carbocycles. The Bertz CT molecular complexity index is 182. The average molecular weight is 236 g/mol. The van der Waals surface area contributed by atoms with Gasteiger partial charge in [0.05, 0.1) is 0 Å². The molecule has 2 aliphatic rings. The second-order valence-electron chi connectivity index (χ2n) is 6.67. The number of unbranched alkanes of at least 4 members (excludes halogenated alkanes) is 2. The second kappa shape index (κ2) is 7.44. The van der Waals surface area contributed by atoms with Gasteiger partial charge in [0.15, 0.2) is 0 Å². The van der Waals surface area contributed by atoms with Crippen molar-refractivity contribution < 1.29 is 0 Å². The summed E-state index contributed by atoms with van der Waals surface area (Å²) in [6.45, 7) is 2.32. The van der Waals surface area contributed by atoms with Gasteiger partial charge in [-0.3, -0.25) is 0 Å². The molecule has 0 unspecified atom stereocenters. The Labute approximate surface area is 109 Å². The first-order chi connectivity index (χ1) is 8.40. The largest absolute Gasteiger partial charge is 0.0654 e. The first-order valence-electron chi connectivity index (χ1n) is 8.40. The normalized spacial score (nSPS) is 31.6. The van der Waals surface area contributed by atoms with Gasteiger partial charge >= 0.3 is 0 Å². The molecule has 0 radical (unpaired) electrons. The van der Waals surface area contributed by atoms with Gasteiger partial charge in [0.1, 0.15) is 0 Å². The van der Waals surface area contributed by atoms with Gasteiger partial charge in [0.2, 0.25) is 0 Å². The van der Waals surface area contributed by atoms with Crippen molar-refractivity contribution >= 4 is 0 Å². The van der Waals surface area contributed by atoms with Crippen molar-refractivity contribution in [3.8, 4) is 0 Å². The summed E-state index contributed by atoms with van der Waals surface area (Å²) in [5.74, 6) is 3.35. The molecule has 0 aromatic heterocycles. The molecule has 0 saturated heterocycles. The van der Waals surface area contributed by atoms with Gasteiger partial charge < -0.3 is 0 Å². The predicted molar refractivity (Wildman–Crippen MR) is 76.2 cm³/mol. The van der Waals surface area contributed by atoms with Crippen LogP contribution in [-0.4, -0.2) is 0 Å². The van der Waals surface area contributed by atoms with Crippen LogP contribution in [0.15, 0.2) is 0 Å². The van der Waals surface area contributed by atoms with Gasteiger partial charge in [0, 0.05) is 0 Å². The van der Waals surface area contributed by atoms with Gasteiger partial charge in [-0.1, -0.05) is 77.6 Å². The molecule has 2 rings (SSSR count). The molecule has 0 N–H and O–H groups in total. The van der Waals surface area contributed by atoms with E-state index in [9.17, 15) is 0 Å². The quantitative estimate of drug-likeness (QED) is 0.517. The first kappa shape index (κ1) is 13.4. The molecule has 2 saturated carbocycles. The number of hydrogen-bond acceptors (Lipinski definition) is 0. The van der Waals surface area contributed by atoms with E-state index in [2.05, 4.69) is 6.92 Å². The van der Waals surface area contributed by atoms with Crippen LogP contribution in [0.1, 0.15) is 90.4 Å². The van der Waals surface area contributed by atoms with Crippen LogP contribution >= 0.6 is 0 Å². The lowest BCUT2D eigenvalue weighted by atomic mass is 9.70. The van der Waals surface area contributed by atoms with E-state index >= 15 is 0 Å². The lowest BCUT2D eigenvalue weighted by Crippen LogP contribution is -2.23. The van der Waals surface area contributed by atoms with Crippen molar-refractivity contribution in [3.63, 3.8) is 0 Å². The second-order valence-corrected chi connectivity index (χ2v) is 6.67. The van der Waals surface area contributed by atoms with Gasteiger partial charge in [-0.25, -0.2) is 0 Å². The molecule has 0 spiro atoms. The average Bonchev–Trinajstić information content (AvgIpc) is 2.41. The molecule has 0 atom stereocenters. The molecule has 0 aliphatic heterocycles. The van der Waals surface area contributed by atoms with E-state index < -0.39 is 0 Å². The molecular weight excluding hydrogens is 204 g/mol. The summed E-state index contributed by atoms with van der Waals surface area (Å²) in [5, 5.41) is 0. The van der Waals surface area contributed by atoms with E-state index in [1.165, 1.54) is 44.9 Å². The molecule has 0 bridgehead atoms. The Morgan fingerprint density at radius 1 is 0.706 bits per heavy atom. The summed E-state index contributed by atoms with van der Waals surface area (Å²) < 4.78 is 0. The van der Waals surface area contributed by atoms with Crippen LogP contribution in [0.2, 0.25) is 0 Å². The van der Waals surface area contributed by atoms with E-state index in [0.29, 0.717) is 0 Å². The molecule has 0 aromatic rings. The van der Waals surface area contributed by atoms with Crippen LogP contribution in [0.25, 0.3) is 0 Å². The third-order valence-corrected chi connectivity index (χ3v) is 5.42. The van der Waals surface area contributed by atoms with Crippen LogP contribution in [0.5, 0.6) is 0 Å². The van der Waals surface area contributed by atoms with E-state index in [4.69, 9.17) is 0 Å². The summed E-state index contributed by atoms with van der Waals surface area (Å²) >= 11 is 0. The van der Waals surface area contributed by atoms with Crippen LogP contribution in [0, 0.1) is 17.8 Å². The highest BCUT2D eigenvalue weighted by Gasteiger charge is 2.28. The van der Waals surface area contributed by atoms with Crippen LogP contribution in [0.4, 0.5) is 0 Å². The van der Waals surface area contributed by atoms with Crippen molar-refractivity contribution in [1.82, 2.24) is 0 Å². The monoisotopic (exact) mass is 236 g/mol. The van der Waals surface area contributed by atoms with Crippen LogP contribution in [-0.2, 0) is 0 Å². The number of rotatable bonds is 5. The lowest BCUT2D eigenvalue weighted by Gasteiger charge is -2.36. The Morgan fingerprint density at radius 2 is 1.35 bits per heavy atom. The van der Waals surface area contributed by atoms with Gasteiger partial charge in [-0.05, 0) is 30.6 Å². The Hall–Kier alpha value is 0. The molecule has 2 aliphatic carbocycles. The summed E-state index contributed by atoms with van der Waals surface area (Å²) in [7, 11) is 0. The first-order valence-corrected chi connectivity index (χ1v) is 8.40. The summed E-state index contributed by atoms with van der Waals surface area (Å²) in [6, 6.07) is 0. The highest BCUT2D eigenvalue weighted by Crippen LogP contribution is 2.40. The Kier molecular flexibility index (Phi) is 5.88. The molecule has 0 amide bonds. The molecule has 100 valence electrons. The van der Waals surface area contributed by atoms with Crippen LogP contribution < -0.4 is 0 Å². The third kappa shape index (κ3) is 4.30. The maximum absolute atomic E-state index is 2.32. The van der Waals surface area contributed by atoms with E-state index in [-0.39, 0.29) is 0 Å². The Morgan fingerprint density at radius 3 is 2.00 bits per heavy atom. The molecule has 17 heavy (non-hydrogen) atoms.